The molecule has 1 aromatic carbocycles. The summed E-state index contributed by atoms with van der Waals surface area (Å²) in [5.41, 5.74) is 1.40. The van der Waals surface area contributed by atoms with E-state index in [9.17, 15) is 29.2 Å². The van der Waals surface area contributed by atoms with E-state index in [1.165, 1.54) is 7.11 Å². The summed E-state index contributed by atoms with van der Waals surface area (Å²) in [7, 11) is 1.52. The third kappa shape index (κ3) is 7.89. The van der Waals surface area contributed by atoms with Crippen LogP contribution in [0.25, 0.3) is 10.9 Å². The van der Waals surface area contributed by atoms with Crippen LogP contribution in [0, 0.1) is 5.92 Å². The van der Waals surface area contributed by atoms with Crippen LogP contribution in [-0.2, 0) is 30.4 Å². The van der Waals surface area contributed by atoms with Crippen LogP contribution in [0.2, 0.25) is 0 Å². The SMILES string of the molecule is CCC(=O)CCCCC[C@@H]1NC(=O)[C@H]2CCCCN2C(=O)[C@H](C(C)CC)NC(=O)[C@H](Cc2cn(OC)c3ccccc23)N(O)C1=O. The number of unbranched alkanes of at least 4 members (excludes halogenated alkanes) is 2. The molecule has 5 atom stereocenters. The van der Waals surface area contributed by atoms with Crippen LogP contribution in [-0.4, -0.2) is 87.1 Å². The lowest BCUT2D eigenvalue weighted by atomic mass is 9.93. The monoisotopic (exact) mass is 639 g/mol. The summed E-state index contributed by atoms with van der Waals surface area (Å²) < 4.78 is 1.55. The Kier molecular flexibility index (Phi) is 12.2. The van der Waals surface area contributed by atoms with Crippen LogP contribution in [0.5, 0.6) is 0 Å². The molecule has 3 N–H and O–H groups in total. The molecule has 0 spiro atoms. The Morgan fingerprint density at radius 2 is 1.78 bits per heavy atom. The number of aromatic nitrogens is 1. The Bertz CT molecular complexity index is 1410. The Morgan fingerprint density at radius 1 is 1.02 bits per heavy atom. The number of amides is 4. The zero-order valence-corrected chi connectivity index (χ0v) is 27.5. The summed E-state index contributed by atoms with van der Waals surface area (Å²) in [5.74, 6) is -2.36. The number of hydrogen-bond donors (Lipinski definition) is 3. The minimum Gasteiger partial charge on any atom is -0.417 e. The maximum Gasteiger partial charge on any atom is 0.269 e. The molecule has 0 radical (unpaired) electrons. The van der Waals surface area contributed by atoms with Crippen LogP contribution in [0.3, 0.4) is 0 Å². The number of rotatable bonds is 12. The summed E-state index contributed by atoms with van der Waals surface area (Å²) in [6, 6.07) is 3.17. The number of nitrogens with zero attached hydrogens (tertiary/aromatic N) is 3. The van der Waals surface area contributed by atoms with Crippen molar-refractivity contribution in [3.63, 3.8) is 0 Å². The third-order valence-electron chi connectivity index (χ3n) is 9.52. The molecule has 1 aromatic heterocycles. The highest BCUT2D eigenvalue weighted by molar-refractivity contribution is 5.98. The number of hydroxylamine groups is 2. The number of carbonyl (C=O) groups is 5. The van der Waals surface area contributed by atoms with E-state index in [1.54, 1.807) is 15.8 Å². The lowest BCUT2D eigenvalue weighted by Crippen LogP contribution is -2.64. The summed E-state index contributed by atoms with van der Waals surface area (Å²) in [6.07, 6.45) is 7.08. The molecule has 2 fully saturated rings. The normalized spacial score (nSPS) is 23.7. The zero-order valence-electron chi connectivity index (χ0n) is 27.5. The second-order valence-electron chi connectivity index (χ2n) is 12.6. The van der Waals surface area contributed by atoms with Crippen molar-refractivity contribution in [1.82, 2.24) is 25.3 Å². The molecule has 2 aliphatic rings. The topological polar surface area (TPSA) is 150 Å². The molecule has 12 nitrogen and oxygen atoms in total. The van der Waals surface area contributed by atoms with E-state index in [1.807, 2.05) is 45.0 Å². The van der Waals surface area contributed by atoms with Gasteiger partial charge >= 0.3 is 0 Å². The number of benzene rings is 1. The van der Waals surface area contributed by atoms with Gasteiger partial charge in [-0.2, -0.15) is 4.73 Å². The van der Waals surface area contributed by atoms with Crippen LogP contribution < -0.4 is 15.5 Å². The molecule has 46 heavy (non-hydrogen) atoms. The molecule has 3 heterocycles. The first-order chi connectivity index (χ1) is 22.1. The van der Waals surface area contributed by atoms with Gasteiger partial charge in [-0.25, -0.2) is 5.06 Å². The van der Waals surface area contributed by atoms with Crippen LogP contribution in [0.15, 0.2) is 30.5 Å². The van der Waals surface area contributed by atoms with Crippen LogP contribution in [0.4, 0.5) is 0 Å². The van der Waals surface area contributed by atoms with E-state index in [0.717, 1.165) is 23.7 Å². The maximum absolute atomic E-state index is 14.1. The number of ketones is 1. The van der Waals surface area contributed by atoms with Gasteiger partial charge in [-0.1, -0.05) is 58.2 Å². The first-order valence-corrected chi connectivity index (χ1v) is 16.7. The molecular formula is C34H49N5O7. The molecule has 0 saturated carbocycles. The largest absolute Gasteiger partial charge is 0.417 e. The van der Waals surface area contributed by atoms with Crippen molar-refractivity contribution >= 4 is 40.3 Å². The fraction of sp³-hybridized carbons (Fsp3) is 0.618. The summed E-state index contributed by atoms with van der Waals surface area (Å²) in [4.78, 5) is 74.7. The molecule has 1 unspecified atom stereocenters. The second kappa shape index (κ2) is 16.1. The van der Waals surface area contributed by atoms with Crippen molar-refractivity contribution in [1.29, 1.82) is 0 Å². The molecule has 252 valence electrons. The predicted octanol–water partition coefficient (Wildman–Crippen LogP) is 3.17. The summed E-state index contributed by atoms with van der Waals surface area (Å²) in [5, 5.41) is 18.5. The first kappa shape index (κ1) is 34.9. The van der Waals surface area contributed by atoms with Crippen molar-refractivity contribution in [2.45, 2.75) is 116 Å². The van der Waals surface area contributed by atoms with Gasteiger partial charge in [0.25, 0.3) is 5.91 Å². The molecule has 2 aliphatic heterocycles. The van der Waals surface area contributed by atoms with E-state index in [2.05, 4.69) is 10.6 Å². The van der Waals surface area contributed by atoms with Crippen LogP contribution >= 0.6 is 0 Å². The van der Waals surface area contributed by atoms with E-state index in [-0.39, 0.29) is 30.4 Å². The Balaban J connectivity index is 1.71. The molecule has 4 rings (SSSR count). The highest BCUT2D eigenvalue weighted by Gasteiger charge is 2.43. The Hall–Kier alpha value is -3.93. The second-order valence-corrected chi connectivity index (χ2v) is 12.6. The van der Waals surface area contributed by atoms with Gasteiger partial charge in [0.1, 0.15) is 37.1 Å². The Labute approximate surface area is 270 Å². The number of fused-ring (bicyclic) bond motifs is 2. The van der Waals surface area contributed by atoms with Crippen molar-refractivity contribution in [2.24, 2.45) is 5.92 Å². The van der Waals surface area contributed by atoms with Gasteiger partial charge in [-0.05, 0) is 49.7 Å². The van der Waals surface area contributed by atoms with Gasteiger partial charge in [-0.3, -0.25) is 29.2 Å². The number of piperidine rings is 1. The minimum atomic E-state index is -1.40. The minimum absolute atomic E-state index is 0.0709. The molecule has 0 aliphatic carbocycles. The predicted molar refractivity (Wildman–Crippen MR) is 172 cm³/mol. The van der Waals surface area contributed by atoms with Crippen molar-refractivity contribution in [3.8, 4) is 0 Å². The fourth-order valence-corrected chi connectivity index (χ4v) is 6.47. The molecule has 2 saturated heterocycles. The number of nitrogens with one attached hydrogen (secondary N) is 2. The van der Waals surface area contributed by atoms with Gasteiger partial charge in [0.2, 0.25) is 17.7 Å². The third-order valence-corrected chi connectivity index (χ3v) is 9.52. The van der Waals surface area contributed by atoms with Crippen molar-refractivity contribution in [3.05, 3.63) is 36.0 Å². The van der Waals surface area contributed by atoms with E-state index in [0.29, 0.717) is 62.1 Å². The maximum atomic E-state index is 14.1. The van der Waals surface area contributed by atoms with Gasteiger partial charge < -0.3 is 20.4 Å². The Morgan fingerprint density at radius 3 is 2.50 bits per heavy atom. The highest BCUT2D eigenvalue weighted by atomic mass is 16.6. The zero-order chi connectivity index (χ0) is 33.4. The van der Waals surface area contributed by atoms with E-state index >= 15 is 0 Å². The molecular weight excluding hydrogens is 590 g/mol. The molecule has 0 bridgehead atoms. The quantitative estimate of drug-likeness (QED) is 0.239. The van der Waals surface area contributed by atoms with E-state index < -0.39 is 41.9 Å². The lowest BCUT2D eigenvalue weighted by Gasteiger charge is -2.40. The summed E-state index contributed by atoms with van der Waals surface area (Å²) in [6.45, 7) is 5.97. The number of para-hydroxylation sites is 1. The van der Waals surface area contributed by atoms with E-state index in [4.69, 9.17) is 4.84 Å². The summed E-state index contributed by atoms with van der Waals surface area (Å²) >= 11 is 0. The first-order valence-electron chi connectivity index (χ1n) is 16.7. The van der Waals surface area contributed by atoms with Gasteiger partial charge in [0.05, 0.1) is 5.52 Å². The van der Waals surface area contributed by atoms with Crippen molar-refractivity contribution < 1.29 is 34.0 Å². The standard InChI is InChI=1S/C34H49N5O7/c1-5-22(3)30-34(44)37-19-13-12-18-28(37)31(41)35-26(16-9-7-8-14-24(40)6-2)33(43)39(45)29(32(42)36-30)20-23-21-38(46-4)27-17-11-10-15-25(23)27/h10-11,15,17,21-22,26,28-30,45H,5-9,12-14,16,18-20H2,1-4H3,(H,35,41)(H,36,42)/t22?,26-,28+,29-,30-/m0/s1. The van der Waals surface area contributed by atoms with Crippen LogP contribution in [0.1, 0.15) is 90.5 Å². The number of carbonyl (C=O) groups excluding carboxylic acids is 5. The smallest absolute Gasteiger partial charge is 0.269 e. The van der Waals surface area contributed by atoms with Gasteiger partial charge in [0.15, 0.2) is 0 Å². The average Bonchev–Trinajstić information content (AvgIpc) is 3.44. The number of hydrogen-bond acceptors (Lipinski definition) is 7. The number of Topliss-reactive ketones (excluding diaryl/α,β-unsaturated/α-hetero) is 1. The van der Waals surface area contributed by atoms with Crippen molar-refractivity contribution in [2.75, 3.05) is 13.7 Å². The van der Waals surface area contributed by atoms with Gasteiger partial charge in [0, 0.05) is 37.4 Å². The fourth-order valence-electron chi connectivity index (χ4n) is 6.47. The highest BCUT2D eigenvalue weighted by Crippen LogP contribution is 2.26. The average molecular weight is 640 g/mol. The molecule has 4 amide bonds. The van der Waals surface area contributed by atoms with Gasteiger partial charge in [-0.15, -0.1) is 0 Å². The lowest BCUT2D eigenvalue weighted by molar-refractivity contribution is -0.183. The molecule has 12 heteroatoms. The molecule has 2 aromatic rings.